The van der Waals surface area contributed by atoms with E-state index >= 15 is 0 Å². The van der Waals surface area contributed by atoms with Gasteiger partial charge in [-0.05, 0) is 37.6 Å². The van der Waals surface area contributed by atoms with Crippen LogP contribution >= 0.6 is 23.4 Å². The Hall–Kier alpha value is -2.11. The molecule has 24 heavy (non-hydrogen) atoms. The molecule has 0 aliphatic carbocycles. The molecule has 0 aliphatic rings. The molecule has 0 unspecified atom stereocenters. The van der Waals surface area contributed by atoms with Gasteiger partial charge in [0.25, 0.3) is 5.22 Å². The van der Waals surface area contributed by atoms with Crippen molar-refractivity contribution in [3.8, 4) is 11.5 Å². The van der Waals surface area contributed by atoms with Crippen molar-refractivity contribution in [2.24, 2.45) is 0 Å². The third-order valence-corrected chi connectivity index (χ3v) is 4.68. The fourth-order valence-corrected chi connectivity index (χ4v) is 3.12. The first kappa shape index (κ1) is 16.7. The molecule has 1 aromatic heterocycles. The second kappa shape index (κ2) is 7.20. The normalized spacial score (nSPS) is 10.8. The van der Waals surface area contributed by atoms with E-state index in [4.69, 9.17) is 16.0 Å². The molecule has 0 saturated heterocycles. The van der Waals surface area contributed by atoms with E-state index < -0.39 is 0 Å². The standard InChI is InChI=1S/C18H15ClN2O2S/c1-11-7-8-12(2)14(9-11)16(22)10-24-18-21-20-17(23-18)13-5-3-4-6-15(13)19/h3-9H,10H2,1-2H3. The van der Waals surface area contributed by atoms with Crippen LogP contribution in [-0.2, 0) is 0 Å². The molecular weight excluding hydrogens is 344 g/mol. The predicted molar refractivity (Wildman–Crippen MR) is 95.7 cm³/mol. The number of carbonyl (C=O) groups excluding carboxylic acids is 1. The van der Waals surface area contributed by atoms with Crippen molar-refractivity contribution in [1.29, 1.82) is 0 Å². The van der Waals surface area contributed by atoms with E-state index in [9.17, 15) is 4.79 Å². The molecule has 0 aliphatic heterocycles. The lowest BCUT2D eigenvalue weighted by molar-refractivity contribution is 0.102. The third-order valence-electron chi connectivity index (χ3n) is 3.53. The fourth-order valence-electron chi connectivity index (χ4n) is 2.25. The molecule has 0 fully saturated rings. The van der Waals surface area contributed by atoms with Crippen molar-refractivity contribution < 1.29 is 9.21 Å². The van der Waals surface area contributed by atoms with E-state index in [1.165, 1.54) is 11.8 Å². The fraction of sp³-hybridized carbons (Fsp3) is 0.167. The van der Waals surface area contributed by atoms with Crippen LogP contribution in [0.5, 0.6) is 0 Å². The first-order valence-corrected chi connectivity index (χ1v) is 8.72. The second-order valence-corrected chi connectivity index (χ2v) is 6.72. The Morgan fingerprint density at radius 1 is 1.17 bits per heavy atom. The zero-order valence-electron chi connectivity index (χ0n) is 13.2. The van der Waals surface area contributed by atoms with E-state index in [1.54, 1.807) is 6.07 Å². The van der Waals surface area contributed by atoms with Crippen molar-refractivity contribution in [2.45, 2.75) is 19.1 Å². The summed E-state index contributed by atoms with van der Waals surface area (Å²) in [4.78, 5) is 12.4. The largest absolute Gasteiger partial charge is 0.411 e. The number of thioether (sulfide) groups is 1. The number of carbonyl (C=O) groups is 1. The number of hydrogen-bond acceptors (Lipinski definition) is 5. The number of nitrogens with zero attached hydrogens (tertiary/aromatic N) is 2. The third kappa shape index (κ3) is 3.68. The molecule has 0 bridgehead atoms. The molecular formula is C18H15ClN2O2S. The van der Waals surface area contributed by atoms with Gasteiger partial charge in [-0.2, -0.15) is 0 Å². The van der Waals surface area contributed by atoms with Gasteiger partial charge in [0.2, 0.25) is 5.89 Å². The minimum Gasteiger partial charge on any atom is -0.411 e. The highest BCUT2D eigenvalue weighted by Crippen LogP contribution is 2.29. The Morgan fingerprint density at radius 2 is 1.96 bits per heavy atom. The molecule has 0 atom stereocenters. The smallest absolute Gasteiger partial charge is 0.277 e. The SMILES string of the molecule is Cc1ccc(C)c(C(=O)CSc2nnc(-c3ccccc3Cl)o2)c1. The zero-order valence-corrected chi connectivity index (χ0v) is 14.8. The Kier molecular flexibility index (Phi) is 5.02. The van der Waals surface area contributed by atoms with Crippen molar-refractivity contribution in [3.05, 3.63) is 64.2 Å². The average Bonchev–Trinajstić information content (AvgIpc) is 3.04. The van der Waals surface area contributed by atoms with Crippen molar-refractivity contribution >= 4 is 29.1 Å². The van der Waals surface area contributed by atoms with Gasteiger partial charge in [0, 0.05) is 5.56 Å². The van der Waals surface area contributed by atoms with Crippen LogP contribution in [-0.4, -0.2) is 21.7 Å². The zero-order chi connectivity index (χ0) is 17.1. The minimum atomic E-state index is 0.0405. The van der Waals surface area contributed by atoms with E-state index in [-0.39, 0.29) is 11.5 Å². The summed E-state index contributed by atoms with van der Waals surface area (Å²) in [5, 5.41) is 8.87. The lowest BCUT2D eigenvalue weighted by Gasteiger charge is -2.04. The monoisotopic (exact) mass is 358 g/mol. The van der Waals surface area contributed by atoms with Gasteiger partial charge in [-0.3, -0.25) is 4.79 Å². The van der Waals surface area contributed by atoms with Gasteiger partial charge in [-0.25, -0.2) is 0 Å². The van der Waals surface area contributed by atoms with E-state index in [1.807, 2.05) is 50.2 Å². The molecule has 4 nitrogen and oxygen atoms in total. The van der Waals surface area contributed by atoms with Gasteiger partial charge in [0.05, 0.1) is 16.3 Å². The Balaban J connectivity index is 1.71. The van der Waals surface area contributed by atoms with Gasteiger partial charge < -0.3 is 4.42 Å². The van der Waals surface area contributed by atoms with Crippen LogP contribution in [0.1, 0.15) is 21.5 Å². The summed E-state index contributed by atoms with van der Waals surface area (Å²) in [5.74, 6) is 0.634. The van der Waals surface area contributed by atoms with Gasteiger partial charge in [-0.1, -0.05) is 53.2 Å². The summed E-state index contributed by atoms with van der Waals surface area (Å²) >= 11 is 7.35. The van der Waals surface area contributed by atoms with E-state index in [2.05, 4.69) is 10.2 Å². The van der Waals surface area contributed by atoms with Gasteiger partial charge in [0.1, 0.15) is 0 Å². The Bertz CT molecular complexity index is 892. The summed E-state index contributed by atoms with van der Waals surface area (Å²) < 4.78 is 5.59. The highest BCUT2D eigenvalue weighted by molar-refractivity contribution is 7.99. The first-order valence-electron chi connectivity index (χ1n) is 7.36. The maximum atomic E-state index is 12.4. The first-order chi connectivity index (χ1) is 11.5. The summed E-state index contributed by atoms with van der Waals surface area (Å²) in [6.07, 6.45) is 0. The van der Waals surface area contributed by atoms with Gasteiger partial charge >= 0.3 is 0 Å². The number of aromatic nitrogens is 2. The highest BCUT2D eigenvalue weighted by atomic mass is 35.5. The molecule has 3 rings (SSSR count). The number of hydrogen-bond donors (Lipinski definition) is 0. The van der Waals surface area contributed by atoms with E-state index in [0.717, 1.165) is 16.7 Å². The molecule has 0 saturated carbocycles. The molecule has 0 amide bonds. The summed E-state index contributed by atoms with van der Waals surface area (Å²) in [6.45, 7) is 3.90. The topological polar surface area (TPSA) is 56.0 Å². The van der Waals surface area contributed by atoms with Crippen LogP contribution in [0.4, 0.5) is 0 Å². The second-order valence-electron chi connectivity index (χ2n) is 5.38. The molecule has 0 spiro atoms. The molecule has 2 aromatic carbocycles. The summed E-state index contributed by atoms with van der Waals surface area (Å²) in [5.41, 5.74) is 3.44. The molecule has 1 heterocycles. The van der Waals surface area contributed by atoms with Crippen LogP contribution < -0.4 is 0 Å². The lowest BCUT2D eigenvalue weighted by atomic mass is 10.0. The predicted octanol–water partition coefficient (Wildman–Crippen LogP) is 4.98. The van der Waals surface area contributed by atoms with Crippen LogP contribution in [0.15, 0.2) is 52.1 Å². The number of halogens is 1. The highest BCUT2D eigenvalue weighted by Gasteiger charge is 2.15. The quantitative estimate of drug-likeness (QED) is 0.475. The Morgan fingerprint density at radius 3 is 2.75 bits per heavy atom. The number of ketones is 1. The van der Waals surface area contributed by atoms with Crippen LogP contribution in [0.3, 0.4) is 0 Å². The van der Waals surface area contributed by atoms with Gasteiger partial charge in [-0.15, -0.1) is 10.2 Å². The number of Topliss-reactive ketones (excluding diaryl/α,β-unsaturated/α-hetero) is 1. The van der Waals surface area contributed by atoms with Crippen LogP contribution in [0, 0.1) is 13.8 Å². The Labute approximate surface area is 149 Å². The number of aryl methyl sites for hydroxylation is 2. The van der Waals surface area contributed by atoms with E-state index in [0.29, 0.717) is 21.7 Å². The average molecular weight is 359 g/mol. The molecule has 6 heteroatoms. The minimum absolute atomic E-state index is 0.0405. The van der Waals surface area contributed by atoms with Crippen molar-refractivity contribution in [1.82, 2.24) is 10.2 Å². The lowest BCUT2D eigenvalue weighted by Crippen LogP contribution is -2.05. The molecule has 0 radical (unpaired) electrons. The summed E-state index contributed by atoms with van der Waals surface area (Å²) in [6, 6.07) is 13.1. The van der Waals surface area contributed by atoms with Gasteiger partial charge in [0.15, 0.2) is 5.78 Å². The summed E-state index contributed by atoms with van der Waals surface area (Å²) in [7, 11) is 0. The van der Waals surface area contributed by atoms with Crippen LogP contribution in [0.25, 0.3) is 11.5 Å². The maximum absolute atomic E-state index is 12.4. The van der Waals surface area contributed by atoms with Crippen molar-refractivity contribution in [3.63, 3.8) is 0 Å². The molecule has 0 N–H and O–H groups in total. The van der Waals surface area contributed by atoms with Crippen LogP contribution in [0.2, 0.25) is 5.02 Å². The number of rotatable bonds is 5. The number of benzene rings is 2. The maximum Gasteiger partial charge on any atom is 0.277 e. The molecule has 3 aromatic rings. The van der Waals surface area contributed by atoms with Crippen molar-refractivity contribution in [2.75, 3.05) is 5.75 Å². The molecule has 122 valence electrons.